The Morgan fingerprint density at radius 1 is 1.40 bits per heavy atom. The van der Waals surface area contributed by atoms with E-state index in [-0.39, 0.29) is 0 Å². The Labute approximate surface area is 58.1 Å². The highest BCUT2D eigenvalue weighted by molar-refractivity contribution is 5.45. The number of imidazole rings is 1. The summed E-state index contributed by atoms with van der Waals surface area (Å²) in [5.41, 5.74) is 6.35. The van der Waals surface area contributed by atoms with E-state index in [1.807, 2.05) is 28.8 Å². The van der Waals surface area contributed by atoms with Crippen LogP contribution in [0, 0.1) is 0 Å². The van der Waals surface area contributed by atoms with Gasteiger partial charge in [-0.25, -0.2) is 4.98 Å². The maximum atomic E-state index is 5.46. The molecule has 3 nitrogen and oxygen atoms in total. The third-order valence-corrected chi connectivity index (χ3v) is 1.38. The summed E-state index contributed by atoms with van der Waals surface area (Å²) >= 11 is 0. The number of hydrogen-bond donors (Lipinski definition) is 1. The van der Waals surface area contributed by atoms with Crippen LogP contribution in [-0.4, -0.2) is 9.38 Å². The summed E-state index contributed by atoms with van der Waals surface area (Å²) in [7, 11) is 0. The summed E-state index contributed by atoms with van der Waals surface area (Å²) in [4.78, 5) is 4.05. The van der Waals surface area contributed by atoms with Crippen molar-refractivity contribution in [1.82, 2.24) is 9.38 Å². The molecule has 0 aliphatic carbocycles. The van der Waals surface area contributed by atoms with E-state index in [4.69, 9.17) is 5.73 Å². The number of nitrogens with two attached hydrogens (primary N) is 1. The first-order valence-corrected chi connectivity index (χ1v) is 3.05. The molecule has 2 aromatic heterocycles. The van der Waals surface area contributed by atoms with Crippen molar-refractivity contribution >= 4 is 11.5 Å². The van der Waals surface area contributed by atoms with E-state index in [0.29, 0.717) is 5.82 Å². The van der Waals surface area contributed by atoms with Gasteiger partial charge in [-0.15, -0.1) is 0 Å². The molecule has 2 heterocycles. The minimum absolute atomic E-state index is 0.561. The second-order valence-electron chi connectivity index (χ2n) is 2.13. The number of fused-ring (bicyclic) bond motifs is 1. The van der Waals surface area contributed by atoms with Gasteiger partial charge in [0.2, 0.25) is 0 Å². The highest BCUT2D eigenvalue weighted by Crippen LogP contribution is 2.03. The van der Waals surface area contributed by atoms with Crippen molar-refractivity contribution in [2.45, 2.75) is 0 Å². The first kappa shape index (κ1) is 5.29. The predicted octanol–water partition coefficient (Wildman–Crippen LogP) is 0.917. The van der Waals surface area contributed by atoms with Crippen LogP contribution in [0.2, 0.25) is 0 Å². The second kappa shape index (κ2) is 1.73. The lowest BCUT2D eigenvalue weighted by molar-refractivity contribution is 1.19. The van der Waals surface area contributed by atoms with E-state index in [9.17, 15) is 0 Å². The number of rotatable bonds is 0. The lowest BCUT2D eigenvalue weighted by atomic mass is 10.5. The van der Waals surface area contributed by atoms with Gasteiger partial charge < -0.3 is 10.1 Å². The Kier molecular flexibility index (Phi) is 0.917. The molecule has 2 aromatic rings. The lowest BCUT2D eigenvalue weighted by Crippen LogP contribution is -1.80. The molecule has 2 rings (SSSR count). The van der Waals surface area contributed by atoms with Gasteiger partial charge in [-0.05, 0) is 12.1 Å². The van der Waals surface area contributed by atoms with Crippen molar-refractivity contribution in [2.75, 3.05) is 5.73 Å². The van der Waals surface area contributed by atoms with Gasteiger partial charge in [-0.2, -0.15) is 0 Å². The highest BCUT2D eigenvalue weighted by atomic mass is 15.0. The van der Waals surface area contributed by atoms with Crippen molar-refractivity contribution in [3.63, 3.8) is 0 Å². The summed E-state index contributed by atoms with van der Waals surface area (Å²) in [5, 5.41) is 0. The van der Waals surface area contributed by atoms with Gasteiger partial charge in [0, 0.05) is 6.20 Å². The van der Waals surface area contributed by atoms with Crippen LogP contribution in [0.3, 0.4) is 0 Å². The van der Waals surface area contributed by atoms with Gasteiger partial charge in [0.05, 0.1) is 6.20 Å². The standard InChI is InChI=1S/C7H7N3/c8-6-5-10-4-2-1-3-7(10)9-6/h1-5H,8H2. The molecule has 2 N–H and O–H groups in total. The Morgan fingerprint density at radius 3 is 3.10 bits per heavy atom. The molecule has 0 spiro atoms. The molecule has 0 amide bonds. The number of nitrogen functional groups attached to an aromatic ring is 1. The molecular formula is C7H7N3. The van der Waals surface area contributed by atoms with Crippen molar-refractivity contribution in [1.29, 1.82) is 0 Å². The topological polar surface area (TPSA) is 43.3 Å². The minimum atomic E-state index is 0.561. The third kappa shape index (κ3) is 0.639. The van der Waals surface area contributed by atoms with Crippen LogP contribution in [0.5, 0.6) is 0 Å². The number of nitrogens with zero attached hydrogens (tertiary/aromatic N) is 2. The van der Waals surface area contributed by atoms with E-state index < -0.39 is 0 Å². The summed E-state index contributed by atoms with van der Waals surface area (Å²) in [6.07, 6.45) is 3.70. The molecule has 0 saturated carbocycles. The molecule has 50 valence electrons. The molecule has 0 bridgehead atoms. The monoisotopic (exact) mass is 133 g/mol. The molecule has 0 fully saturated rings. The zero-order chi connectivity index (χ0) is 6.97. The van der Waals surface area contributed by atoms with Crippen LogP contribution in [0.15, 0.2) is 30.6 Å². The molecule has 0 aliphatic heterocycles. The Hall–Kier alpha value is -1.51. The largest absolute Gasteiger partial charge is 0.382 e. The number of hydrogen-bond acceptors (Lipinski definition) is 2. The maximum absolute atomic E-state index is 5.46. The number of pyridine rings is 1. The second-order valence-corrected chi connectivity index (χ2v) is 2.13. The normalized spacial score (nSPS) is 10.4. The molecule has 0 saturated heterocycles. The Bertz CT molecular complexity index is 317. The van der Waals surface area contributed by atoms with Gasteiger partial charge in [0.25, 0.3) is 0 Å². The smallest absolute Gasteiger partial charge is 0.142 e. The van der Waals surface area contributed by atoms with Crippen molar-refractivity contribution in [2.24, 2.45) is 0 Å². The summed E-state index contributed by atoms with van der Waals surface area (Å²) < 4.78 is 1.88. The SMILES string of the molecule is Nc1cn2ccccc2n1. The van der Waals surface area contributed by atoms with Crippen molar-refractivity contribution in [3.8, 4) is 0 Å². The van der Waals surface area contributed by atoms with E-state index in [2.05, 4.69) is 4.98 Å². The molecule has 3 heteroatoms. The average Bonchev–Trinajstić information content (AvgIpc) is 2.27. The lowest BCUT2D eigenvalue weighted by Gasteiger charge is -1.86. The summed E-state index contributed by atoms with van der Waals surface area (Å²) in [6, 6.07) is 5.78. The molecule has 10 heavy (non-hydrogen) atoms. The third-order valence-electron chi connectivity index (χ3n) is 1.38. The summed E-state index contributed by atoms with van der Waals surface area (Å²) in [5.74, 6) is 0.561. The molecule has 0 unspecified atom stereocenters. The first-order valence-electron chi connectivity index (χ1n) is 3.05. The quantitative estimate of drug-likeness (QED) is 0.580. The van der Waals surface area contributed by atoms with Gasteiger partial charge in [-0.1, -0.05) is 6.07 Å². The fourth-order valence-electron chi connectivity index (χ4n) is 0.954. The Morgan fingerprint density at radius 2 is 2.30 bits per heavy atom. The molecule has 0 aromatic carbocycles. The van der Waals surface area contributed by atoms with Gasteiger partial charge in [0.15, 0.2) is 0 Å². The van der Waals surface area contributed by atoms with E-state index in [1.54, 1.807) is 6.20 Å². The van der Waals surface area contributed by atoms with Crippen LogP contribution in [0.4, 0.5) is 5.82 Å². The zero-order valence-electron chi connectivity index (χ0n) is 5.36. The maximum Gasteiger partial charge on any atom is 0.142 e. The average molecular weight is 133 g/mol. The molecule has 0 aliphatic rings. The predicted molar refractivity (Wildman–Crippen MR) is 39.6 cm³/mol. The van der Waals surface area contributed by atoms with Crippen LogP contribution in [0.25, 0.3) is 5.65 Å². The fourth-order valence-corrected chi connectivity index (χ4v) is 0.954. The fraction of sp³-hybridized carbons (Fsp3) is 0. The van der Waals surface area contributed by atoms with Crippen molar-refractivity contribution in [3.05, 3.63) is 30.6 Å². The van der Waals surface area contributed by atoms with Gasteiger partial charge in [-0.3, -0.25) is 0 Å². The Balaban J connectivity index is 2.88. The number of anilines is 1. The van der Waals surface area contributed by atoms with E-state index in [1.165, 1.54) is 0 Å². The minimum Gasteiger partial charge on any atom is -0.382 e. The molecular weight excluding hydrogens is 126 g/mol. The first-order chi connectivity index (χ1) is 4.86. The van der Waals surface area contributed by atoms with Crippen molar-refractivity contribution < 1.29 is 0 Å². The zero-order valence-corrected chi connectivity index (χ0v) is 5.36. The van der Waals surface area contributed by atoms with Crippen LogP contribution in [-0.2, 0) is 0 Å². The molecule has 0 radical (unpaired) electrons. The van der Waals surface area contributed by atoms with E-state index in [0.717, 1.165) is 5.65 Å². The molecule has 0 atom stereocenters. The van der Waals surface area contributed by atoms with Crippen LogP contribution < -0.4 is 5.73 Å². The van der Waals surface area contributed by atoms with Gasteiger partial charge >= 0.3 is 0 Å². The highest BCUT2D eigenvalue weighted by Gasteiger charge is 1.92. The van der Waals surface area contributed by atoms with E-state index >= 15 is 0 Å². The van der Waals surface area contributed by atoms with Crippen LogP contribution in [0.1, 0.15) is 0 Å². The summed E-state index contributed by atoms with van der Waals surface area (Å²) in [6.45, 7) is 0. The number of aromatic nitrogens is 2. The van der Waals surface area contributed by atoms with Gasteiger partial charge in [0.1, 0.15) is 11.5 Å². The van der Waals surface area contributed by atoms with Crippen LogP contribution >= 0.6 is 0 Å².